The predicted octanol–water partition coefficient (Wildman–Crippen LogP) is 5.97. The van der Waals surface area contributed by atoms with E-state index in [9.17, 15) is 15.0 Å². The number of esters is 1. The molecular weight excluding hydrogens is 412 g/mol. The molecule has 0 saturated heterocycles. The normalized spacial score (nSPS) is 42.7. The molecule has 2 N–H and O–H groups in total. The van der Waals surface area contributed by atoms with Crippen molar-refractivity contribution >= 4 is 5.97 Å². The molecule has 4 aliphatic carbocycles. The van der Waals surface area contributed by atoms with Gasteiger partial charge in [-0.15, -0.1) is 0 Å². The maximum atomic E-state index is 11.5. The van der Waals surface area contributed by atoms with Gasteiger partial charge < -0.3 is 14.9 Å². The van der Waals surface area contributed by atoms with Crippen molar-refractivity contribution in [3.05, 3.63) is 22.8 Å². The lowest BCUT2D eigenvalue weighted by Crippen LogP contribution is -2.50. The van der Waals surface area contributed by atoms with E-state index in [1.807, 2.05) is 0 Å². The summed E-state index contributed by atoms with van der Waals surface area (Å²) in [5, 5.41) is 22.2. The number of fused-ring (bicyclic) bond motifs is 5. The molecule has 33 heavy (non-hydrogen) atoms. The van der Waals surface area contributed by atoms with E-state index < -0.39 is 12.2 Å². The fourth-order valence-electron chi connectivity index (χ4n) is 8.39. The molecular formula is C29H46O4. The van der Waals surface area contributed by atoms with Crippen molar-refractivity contribution in [3.8, 4) is 0 Å². The first-order chi connectivity index (χ1) is 15.5. The summed E-state index contributed by atoms with van der Waals surface area (Å²) in [6.07, 6.45) is 10.5. The van der Waals surface area contributed by atoms with Crippen LogP contribution in [0, 0.1) is 34.5 Å². The third-order valence-electron chi connectivity index (χ3n) is 10.1. The number of aliphatic hydroxyl groups is 2. The summed E-state index contributed by atoms with van der Waals surface area (Å²) >= 11 is 0. The van der Waals surface area contributed by atoms with Crippen molar-refractivity contribution in [3.63, 3.8) is 0 Å². The van der Waals surface area contributed by atoms with Crippen molar-refractivity contribution in [1.29, 1.82) is 0 Å². The molecule has 0 radical (unpaired) electrons. The summed E-state index contributed by atoms with van der Waals surface area (Å²) in [6, 6.07) is 0. The second-order valence-corrected chi connectivity index (χ2v) is 12.5. The Kier molecular flexibility index (Phi) is 6.92. The Hall–Kier alpha value is -1.13. The maximum Gasteiger partial charge on any atom is 0.302 e. The number of hydrogen-bond donors (Lipinski definition) is 2. The van der Waals surface area contributed by atoms with Crippen LogP contribution in [0.3, 0.4) is 0 Å². The van der Waals surface area contributed by atoms with Gasteiger partial charge in [-0.2, -0.15) is 0 Å². The number of hydrogen-bond acceptors (Lipinski definition) is 4. The average Bonchev–Trinajstić information content (AvgIpc) is 3.01. The topological polar surface area (TPSA) is 66.8 Å². The van der Waals surface area contributed by atoms with Crippen LogP contribution in [0.4, 0.5) is 0 Å². The molecule has 0 aromatic rings. The molecule has 0 aromatic carbocycles. The Morgan fingerprint density at radius 2 is 1.82 bits per heavy atom. The SMILES string of the molecule is CC(=O)O[C@H]1CC[C@@]2(C)C(=CC[C@@H]3[C@@H]2CC[C@]2(C)/C(=C(\C)[C@H](O)CCC(C)C)[C@@H](O)C[C@@H]32)C1. The minimum absolute atomic E-state index is 0.0138. The molecule has 4 heteroatoms. The molecule has 0 aromatic heterocycles. The number of carbonyl (C=O) groups is 1. The van der Waals surface area contributed by atoms with E-state index in [4.69, 9.17) is 4.74 Å². The molecule has 0 amide bonds. The van der Waals surface area contributed by atoms with Gasteiger partial charge in [0.25, 0.3) is 0 Å². The van der Waals surface area contributed by atoms with Crippen molar-refractivity contribution in [2.45, 2.75) is 118 Å². The summed E-state index contributed by atoms with van der Waals surface area (Å²) in [4.78, 5) is 11.5. The van der Waals surface area contributed by atoms with Crippen molar-refractivity contribution in [2.24, 2.45) is 34.5 Å². The number of ether oxygens (including phenoxy) is 1. The highest BCUT2D eigenvalue weighted by molar-refractivity contribution is 5.66. The largest absolute Gasteiger partial charge is 0.462 e. The second-order valence-electron chi connectivity index (χ2n) is 12.5. The molecule has 0 unspecified atom stereocenters. The molecule has 4 nitrogen and oxygen atoms in total. The summed E-state index contributed by atoms with van der Waals surface area (Å²) in [5.41, 5.74) is 3.86. The minimum Gasteiger partial charge on any atom is -0.462 e. The zero-order valence-electron chi connectivity index (χ0n) is 21.7. The predicted molar refractivity (Wildman–Crippen MR) is 131 cm³/mol. The van der Waals surface area contributed by atoms with Gasteiger partial charge in [-0.3, -0.25) is 4.79 Å². The standard InChI is InChI=1S/C29H46O4/c1-17(2)7-10-25(31)18(3)27-26(32)16-24-22-9-8-20-15-21(33-19(4)30)11-13-28(20,5)23(22)12-14-29(24,27)6/h8,17,21-26,31-32H,7,9-16H2,1-6H3/b27-18+/t21-,22+,23-,24-,25+,26-,28-,29-/m0/s1. The fourth-order valence-corrected chi connectivity index (χ4v) is 8.39. The second kappa shape index (κ2) is 9.15. The van der Waals surface area contributed by atoms with Crippen LogP contribution in [0.25, 0.3) is 0 Å². The molecule has 0 spiro atoms. The molecule has 3 fully saturated rings. The van der Waals surface area contributed by atoms with Crippen molar-refractivity contribution in [2.75, 3.05) is 0 Å². The van der Waals surface area contributed by atoms with E-state index >= 15 is 0 Å². The van der Waals surface area contributed by atoms with Gasteiger partial charge in [0.05, 0.1) is 12.2 Å². The van der Waals surface area contributed by atoms with Crippen LogP contribution in [0.1, 0.15) is 99.3 Å². The lowest BCUT2D eigenvalue weighted by molar-refractivity contribution is -0.148. The quantitative estimate of drug-likeness (QED) is 0.394. The Balaban J connectivity index is 1.58. The molecule has 186 valence electrons. The van der Waals surface area contributed by atoms with Gasteiger partial charge in [-0.1, -0.05) is 39.3 Å². The maximum absolute atomic E-state index is 11.5. The highest BCUT2D eigenvalue weighted by atomic mass is 16.5. The van der Waals surface area contributed by atoms with Gasteiger partial charge in [0.2, 0.25) is 0 Å². The molecule has 0 bridgehead atoms. The van der Waals surface area contributed by atoms with Crippen molar-refractivity contribution < 1.29 is 19.7 Å². The summed E-state index contributed by atoms with van der Waals surface area (Å²) in [7, 11) is 0. The van der Waals surface area contributed by atoms with E-state index in [1.54, 1.807) is 0 Å². The third kappa shape index (κ3) is 4.35. The van der Waals surface area contributed by atoms with Crippen LogP contribution in [-0.4, -0.2) is 34.5 Å². The van der Waals surface area contributed by atoms with E-state index in [1.165, 1.54) is 18.9 Å². The molecule has 4 aliphatic rings. The Bertz CT molecular complexity index is 825. The lowest BCUT2D eigenvalue weighted by Gasteiger charge is -2.57. The Morgan fingerprint density at radius 3 is 2.48 bits per heavy atom. The Morgan fingerprint density at radius 1 is 1.12 bits per heavy atom. The number of aliphatic hydroxyl groups excluding tert-OH is 2. The summed E-state index contributed by atoms with van der Waals surface area (Å²) in [6.45, 7) is 12.8. The lowest BCUT2D eigenvalue weighted by atomic mass is 9.47. The smallest absolute Gasteiger partial charge is 0.302 e. The first-order valence-electron chi connectivity index (χ1n) is 13.4. The first kappa shape index (κ1) is 25.0. The molecule has 3 saturated carbocycles. The zero-order valence-corrected chi connectivity index (χ0v) is 21.7. The van der Waals surface area contributed by atoms with Crippen LogP contribution in [-0.2, 0) is 9.53 Å². The van der Waals surface area contributed by atoms with Gasteiger partial charge in [0.15, 0.2) is 0 Å². The van der Waals surface area contributed by atoms with Crippen LogP contribution in [0.5, 0.6) is 0 Å². The molecule has 0 aliphatic heterocycles. The number of allylic oxidation sites excluding steroid dienone is 1. The molecule has 4 rings (SSSR count). The van der Waals surface area contributed by atoms with E-state index in [0.717, 1.165) is 62.5 Å². The van der Waals surface area contributed by atoms with E-state index in [2.05, 4.69) is 40.7 Å². The fraction of sp³-hybridized carbons (Fsp3) is 0.828. The highest BCUT2D eigenvalue weighted by Gasteiger charge is 2.59. The van der Waals surface area contributed by atoms with Gasteiger partial charge in [-0.05, 0) is 104 Å². The van der Waals surface area contributed by atoms with Crippen LogP contribution < -0.4 is 0 Å². The highest BCUT2D eigenvalue weighted by Crippen LogP contribution is 2.66. The monoisotopic (exact) mass is 458 g/mol. The van der Waals surface area contributed by atoms with Gasteiger partial charge >= 0.3 is 5.97 Å². The molecule has 8 atom stereocenters. The van der Waals surface area contributed by atoms with Crippen molar-refractivity contribution in [1.82, 2.24) is 0 Å². The van der Waals surface area contributed by atoms with Crippen LogP contribution >= 0.6 is 0 Å². The molecule has 0 heterocycles. The van der Waals surface area contributed by atoms with Gasteiger partial charge in [0, 0.05) is 13.3 Å². The van der Waals surface area contributed by atoms with Gasteiger partial charge in [-0.25, -0.2) is 0 Å². The van der Waals surface area contributed by atoms with E-state index in [0.29, 0.717) is 23.7 Å². The average molecular weight is 459 g/mol. The first-order valence-corrected chi connectivity index (χ1v) is 13.4. The third-order valence-corrected chi connectivity index (χ3v) is 10.1. The van der Waals surface area contributed by atoms with E-state index in [-0.39, 0.29) is 22.9 Å². The van der Waals surface area contributed by atoms with Crippen LogP contribution in [0.2, 0.25) is 0 Å². The zero-order chi connectivity index (χ0) is 24.1. The number of rotatable bonds is 5. The number of carbonyl (C=O) groups excluding carboxylic acids is 1. The Labute approximate surface area is 200 Å². The summed E-state index contributed by atoms with van der Waals surface area (Å²) < 4.78 is 5.58. The minimum atomic E-state index is -0.447. The summed E-state index contributed by atoms with van der Waals surface area (Å²) in [5.74, 6) is 2.08. The van der Waals surface area contributed by atoms with Gasteiger partial charge in [0.1, 0.15) is 6.10 Å². The van der Waals surface area contributed by atoms with Crippen LogP contribution in [0.15, 0.2) is 22.8 Å².